The fraction of sp³-hybridized carbons (Fsp3) is 0.553. The molecule has 0 bridgehead atoms. The first-order valence-corrected chi connectivity index (χ1v) is 17.2. The molecule has 0 radical (unpaired) electrons. The van der Waals surface area contributed by atoms with Gasteiger partial charge in [-0.2, -0.15) is 0 Å². The minimum Gasteiger partial charge on any atom is -0.396 e. The van der Waals surface area contributed by atoms with E-state index in [-0.39, 0.29) is 18.9 Å². The fourth-order valence-electron chi connectivity index (χ4n) is 7.63. The average Bonchev–Trinajstić information content (AvgIpc) is 3.37. The van der Waals surface area contributed by atoms with Crippen LogP contribution in [0.3, 0.4) is 0 Å². The minimum absolute atomic E-state index is 0.0601. The Hall–Kier alpha value is -3.41. The molecular weight excluding hydrogens is 662 g/mol. The van der Waals surface area contributed by atoms with Crippen molar-refractivity contribution in [2.24, 2.45) is 0 Å². The summed E-state index contributed by atoms with van der Waals surface area (Å²) in [6, 6.07) is 11.5. The van der Waals surface area contributed by atoms with Crippen molar-refractivity contribution in [2.45, 2.75) is 105 Å². The van der Waals surface area contributed by atoms with E-state index in [1.54, 1.807) is 4.90 Å². The molecule has 1 amide bonds. The molecule has 274 valence electrons. The fourth-order valence-corrected chi connectivity index (χ4v) is 7.63. The van der Waals surface area contributed by atoms with E-state index in [4.69, 9.17) is 9.47 Å². The lowest BCUT2D eigenvalue weighted by Crippen LogP contribution is -2.58. The molecule has 6 rings (SSSR count). The van der Waals surface area contributed by atoms with Gasteiger partial charge in [0.25, 0.3) is 5.91 Å². The summed E-state index contributed by atoms with van der Waals surface area (Å²) in [4.78, 5) is 14.7. The first kappa shape index (κ1) is 37.4. The third-order valence-electron chi connectivity index (χ3n) is 10.5. The highest BCUT2D eigenvalue weighted by Gasteiger charge is 2.48. The Morgan fingerprint density at radius 2 is 1.24 bits per heavy atom. The summed E-state index contributed by atoms with van der Waals surface area (Å²) in [5.74, 6) is 11.4. The number of hydrogen-bond acceptors (Lipinski definition) is 12. The van der Waals surface area contributed by atoms with Gasteiger partial charge in [-0.25, -0.2) is 0 Å². The highest BCUT2D eigenvalue weighted by molar-refractivity contribution is 5.85. The van der Waals surface area contributed by atoms with Gasteiger partial charge < -0.3 is 60.3 Å². The Kier molecular flexibility index (Phi) is 10.7. The molecule has 3 aliphatic heterocycles. The summed E-state index contributed by atoms with van der Waals surface area (Å²) in [5, 5.41) is 91.4. The molecule has 3 saturated heterocycles. The number of benzene rings is 2. The number of ether oxygens (including phenoxy) is 2. The van der Waals surface area contributed by atoms with Crippen LogP contribution >= 0.6 is 0 Å². The summed E-state index contributed by atoms with van der Waals surface area (Å²) >= 11 is 0. The highest BCUT2D eigenvalue weighted by Crippen LogP contribution is 2.54. The van der Waals surface area contributed by atoms with Crippen molar-refractivity contribution in [3.05, 3.63) is 58.7 Å². The lowest BCUT2D eigenvalue weighted by Gasteiger charge is -2.42. The molecule has 3 heterocycles. The maximum absolute atomic E-state index is 13.0. The Balaban J connectivity index is 1.34. The van der Waals surface area contributed by atoms with Crippen molar-refractivity contribution >= 4 is 5.91 Å². The monoisotopic (exact) mass is 707 g/mol. The molecule has 13 nitrogen and oxygen atoms in total. The lowest BCUT2D eigenvalue weighted by molar-refractivity contribution is -0.214. The normalized spacial score (nSPS) is 32.6. The molecule has 3 fully saturated rings. The van der Waals surface area contributed by atoms with Crippen molar-refractivity contribution in [2.75, 3.05) is 26.3 Å². The lowest BCUT2D eigenvalue weighted by atomic mass is 9.70. The Morgan fingerprint density at radius 1 is 0.765 bits per heavy atom. The van der Waals surface area contributed by atoms with Crippen LogP contribution in [0, 0.1) is 23.7 Å². The van der Waals surface area contributed by atoms with Crippen molar-refractivity contribution < 1.29 is 60.2 Å². The van der Waals surface area contributed by atoms with E-state index < -0.39 is 78.7 Å². The quantitative estimate of drug-likeness (QED) is 0.160. The van der Waals surface area contributed by atoms with Crippen molar-refractivity contribution in [1.29, 1.82) is 0 Å². The molecule has 0 aromatic heterocycles. The number of nitrogens with zero attached hydrogens (tertiary/aromatic N) is 1. The van der Waals surface area contributed by atoms with Gasteiger partial charge in [-0.15, -0.1) is 0 Å². The van der Waals surface area contributed by atoms with Gasteiger partial charge in [0.15, 0.2) is 0 Å². The van der Waals surface area contributed by atoms with Crippen LogP contribution in [-0.4, -0.2) is 150 Å². The van der Waals surface area contributed by atoms with Gasteiger partial charge >= 0.3 is 0 Å². The highest BCUT2D eigenvalue weighted by atomic mass is 16.5. The number of piperidine rings is 1. The van der Waals surface area contributed by atoms with Crippen LogP contribution in [0.2, 0.25) is 0 Å². The maximum atomic E-state index is 13.0. The first-order valence-electron chi connectivity index (χ1n) is 17.2. The Bertz CT molecular complexity index is 1740. The molecular formula is C38H45NO12. The second-order valence-corrected chi connectivity index (χ2v) is 14.3. The second-order valence-electron chi connectivity index (χ2n) is 14.3. The number of rotatable bonds is 4. The summed E-state index contributed by atoms with van der Waals surface area (Å²) in [6.07, 6.45) is -12.0. The number of amides is 1. The zero-order chi connectivity index (χ0) is 36.8. The standard InChI is InChI=1S/C38H45NO12/c1-37(2,49)36(48)39-14-12-38(13-15-39)24-17-20(5-9-26-30(42)34(46)32(44)28(50-26)11-16-40)3-7-22(24)23-8-4-21(18-25(23)38)6-10-27-31(43)35(47)33(45)29(19-41)51-27/h3-4,7-8,17-18,26-35,40-47,49H,11-16,19H2,1-2H3/t26-,27-,28-,29-,30-,31-,32-,33-,34-,35-/m1/s1. The van der Waals surface area contributed by atoms with Crippen LogP contribution in [-0.2, 0) is 19.7 Å². The van der Waals surface area contributed by atoms with Crippen LogP contribution in [0.4, 0.5) is 0 Å². The van der Waals surface area contributed by atoms with E-state index >= 15 is 0 Å². The molecule has 1 spiro atoms. The van der Waals surface area contributed by atoms with E-state index in [0.717, 1.165) is 22.3 Å². The zero-order valence-corrected chi connectivity index (χ0v) is 28.4. The molecule has 10 atom stereocenters. The predicted octanol–water partition coefficient (Wildman–Crippen LogP) is -1.88. The van der Waals surface area contributed by atoms with E-state index in [1.807, 2.05) is 36.4 Å². The predicted molar refractivity (Wildman–Crippen MR) is 181 cm³/mol. The van der Waals surface area contributed by atoms with Crippen LogP contribution in [0.15, 0.2) is 36.4 Å². The number of fused-ring (bicyclic) bond motifs is 5. The SMILES string of the molecule is CC(C)(O)C(=O)N1CCC2(CC1)c1cc(C#C[C@H]3O[C@H](CO)[C@@H](O)[C@H](O)[C@@H]3O)ccc1-c1ccc(C#C[C@H]3O[C@H](CCO)[C@@H](O)[C@H](O)[C@@H]3O)cc12. The average molecular weight is 708 g/mol. The van der Waals surface area contributed by atoms with Gasteiger partial charge in [-0.3, -0.25) is 4.79 Å². The van der Waals surface area contributed by atoms with E-state index in [2.05, 4.69) is 23.7 Å². The van der Waals surface area contributed by atoms with E-state index in [0.29, 0.717) is 37.1 Å². The van der Waals surface area contributed by atoms with Crippen molar-refractivity contribution in [3.8, 4) is 34.8 Å². The van der Waals surface area contributed by atoms with Crippen molar-refractivity contribution in [3.63, 3.8) is 0 Å². The molecule has 0 saturated carbocycles. The largest absolute Gasteiger partial charge is 0.396 e. The zero-order valence-electron chi connectivity index (χ0n) is 28.4. The van der Waals surface area contributed by atoms with E-state index in [1.165, 1.54) is 13.8 Å². The third-order valence-corrected chi connectivity index (χ3v) is 10.5. The van der Waals surface area contributed by atoms with Crippen molar-refractivity contribution in [1.82, 2.24) is 4.90 Å². The molecule has 51 heavy (non-hydrogen) atoms. The molecule has 13 heteroatoms. The topological polar surface area (TPSA) is 221 Å². The van der Waals surface area contributed by atoms with E-state index in [9.17, 15) is 50.8 Å². The smallest absolute Gasteiger partial charge is 0.253 e. The summed E-state index contributed by atoms with van der Waals surface area (Å²) < 4.78 is 11.3. The molecule has 1 aliphatic carbocycles. The minimum atomic E-state index is -1.55. The Labute approximate surface area is 295 Å². The molecule has 0 unspecified atom stereocenters. The molecule has 4 aliphatic rings. The van der Waals surface area contributed by atoms with Gasteiger partial charge in [0.2, 0.25) is 0 Å². The third kappa shape index (κ3) is 6.93. The number of aliphatic hydroxyl groups is 9. The molecule has 2 aromatic carbocycles. The first-order chi connectivity index (χ1) is 24.2. The number of hydrogen-bond donors (Lipinski definition) is 9. The Morgan fingerprint density at radius 3 is 1.69 bits per heavy atom. The van der Waals surface area contributed by atoms with Crippen LogP contribution in [0.5, 0.6) is 0 Å². The molecule has 2 aromatic rings. The van der Waals surface area contributed by atoms with Crippen LogP contribution < -0.4 is 0 Å². The second kappa shape index (κ2) is 14.5. The number of carbonyl (C=O) groups excluding carboxylic acids is 1. The number of likely N-dealkylation sites (tertiary alicyclic amines) is 1. The number of aliphatic hydroxyl groups excluding tert-OH is 8. The summed E-state index contributed by atoms with van der Waals surface area (Å²) in [7, 11) is 0. The molecule has 9 N–H and O–H groups in total. The van der Waals surface area contributed by atoms with Crippen LogP contribution in [0.25, 0.3) is 11.1 Å². The summed E-state index contributed by atoms with van der Waals surface area (Å²) in [6.45, 7) is 2.82. The van der Waals surface area contributed by atoms with Crippen LogP contribution in [0.1, 0.15) is 55.4 Å². The summed E-state index contributed by atoms with van der Waals surface area (Å²) in [5.41, 5.74) is 2.95. The maximum Gasteiger partial charge on any atom is 0.253 e. The number of carbonyl (C=O) groups is 1. The van der Waals surface area contributed by atoms with Gasteiger partial charge in [-0.1, -0.05) is 35.8 Å². The van der Waals surface area contributed by atoms with Gasteiger partial charge in [-0.05, 0) is 79.6 Å². The van der Waals surface area contributed by atoms with Gasteiger partial charge in [0.05, 0.1) is 12.7 Å². The van der Waals surface area contributed by atoms with Gasteiger partial charge in [0.1, 0.15) is 60.5 Å². The van der Waals surface area contributed by atoms with Gasteiger partial charge in [0, 0.05) is 36.2 Å².